The van der Waals surface area contributed by atoms with Crippen molar-refractivity contribution in [1.29, 1.82) is 0 Å². The second-order valence-electron chi connectivity index (χ2n) is 5.87. The molecule has 0 aliphatic rings. The zero-order valence-corrected chi connectivity index (χ0v) is 15.2. The summed E-state index contributed by atoms with van der Waals surface area (Å²) in [6, 6.07) is 17.1. The number of rotatable bonds is 7. The fraction of sp³-hybridized carbons (Fsp3) is 0.150. The van der Waals surface area contributed by atoms with E-state index in [-0.39, 0.29) is 5.91 Å². The Morgan fingerprint density at radius 2 is 1.63 bits per heavy atom. The van der Waals surface area contributed by atoms with E-state index in [4.69, 9.17) is 4.74 Å². The zero-order valence-electron chi connectivity index (χ0n) is 15.2. The van der Waals surface area contributed by atoms with Gasteiger partial charge in [0, 0.05) is 30.9 Å². The smallest absolute Gasteiger partial charge is 0.221 e. The lowest BCUT2D eigenvalue weighted by molar-refractivity contribution is -0.114. The lowest BCUT2D eigenvalue weighted by Gasteiger charge is -2.10. The van der Waals surface area contributed by atoms with Crippen molar-refractivity contribution < 1.29 is 9.53 Å². The van der Waals surface area contributed by atoms with E-state index in [1.807, 2.05) is 54.6 Å². The number of benzene rings is 2. The molecule has 7 heteroatoms. The van der Waals surface area contributed by atoms with Crippen LogP contribution in [0.15, 0.2) is 60.9 Å². The van der Waals surface area contributed by atoms with Crippen LogP contribution in [0.1, 0.15) is 12.5 Å². The summed E-state index contributed by atoms with van der Waals surface area (Å²) >= 11 is 0. The summed E-state index contributed by atoms with van der Waals surface area (Å²) in [5, 5.41) is 9.23. The molecule has 1 amide bonds. The molecule has 0 unspecified atom stereocenters. The van der Waals surface area contributed by atoms with Crippen LogP contribution in [0.25, 0.3) is 0 Å². The maximum atomic E-state index is 11.1. The predicted molar refractivity (Wildman–Crippen MR) is 106 cm³/mol. The van der Waals surface area contributed by atoms with Crippen LogP contribution in [0.4, 0.5) is 23.0 Å². The minimum atomic E-state index is -0.0981. The van der Waals surface area contributed by atoms with Crippen LogP contribution in [0.5, 0.6) is 5.75 Å². The molecule has 2 aromatic carbocycles. The van der Waals surface area contributed by atoms with Gasteiger partial charge >= 0.3 is 0 Å². The van der Waals surface area contributed by atoms with E-state index in [1.54, 1.807) is 7.11 Å². The SMILES string of the molecule is COc1ccc(CNc2cc(Nc3ccc(NC(C)=O)cc3)ncn2)cc1. The number of carbonyl (C=O) groups excluding carboxylic acids is 1. The maximum absolute atomic E-state index is 11.1. The van der Waals surface area contributed by atoms with E-state index >= 15 is 0 Å². The molecule has 0 saturated carbocycles. The Kier molecular flexibility index (Phi) is 5.84. The van der Waals surface area contributed by atoms with Gasteiger partial charge in [-0.15, -0.1) is 0 Å². The standard InChI is InChI=1S/C20H21N5O2/c1-14(26)24-16-5-7-17(8-6-16)25-20-11-19(22-13-23-20)21-12-15-3-9-18(27-2)10-4-15/h3-11,13H,12H2,1-2H3,(H,24,26)(H2,21,22,23,25). The Balaban J connectivity index is 1.60. The summed E-state index contributed by atoms with van der Waals surface area (Å²) < 4.78 is 5.16. The molecule has 0 saturated heterocycles. The number of hydrogen-bond donors (Lipinski definition) is 3. The number of ether oxygens (including phenoxy) is 1. The first-order chi connectivity index (χ1) is 13.1. The summed E-state index contributed by atoms with van der Waals surface area (Å²) in [6.45, 7) is 2.12. The van der Waals surface area contributed by atoms with Crippen LogP contribution in [0.2, 0.25) is 0 Å². The van der Waals surface area contributed by atoms with Crippen LogP contribution >= 0.6 is 0 Å². The van der Waals surface area contributed by atoms with Gasteiger partial charge in [-0.25, -0.2) is 9.97 Å². The highest BCUT2D eigenvalue weighted by Gasteiger charge is 2.02. The molecule has 1 heterocycles. The molecule has 0 radical (unpaired) electrons. The number of nitrogens with zero attached hydrogens (tertiary/aromatic N) is 2. The van der Waals surface area contributed by atoms with Gasteiger partial charge < -0.3 is 20.7 Å². The molecule has 3 aromatic rings. The van der Waals surface area contributed by atoms with E-state index in [9.17, 15) is 4.79 Å². The monoisotopic (exact) mass is 363 g/mol. The zero-order chi connectivity index (χ0) is 19.1. The summed E-state index contributed by atoms with van der Waals surface area (Å²) in [7, 11) is 1.65. The molecule has 1 aromatic heterocycles. The van der Waals surface area contributed by atoms with Crippen molar-refractivity contribution in [2.75, 3.05) is 23.1 Å². The van der Waals surface area contributed by atoms with Gasteiger partial charge in [0.2, 0.25) is 5.91 Å². The average Bonchev–Trinajstić information content (AvgIpc) is 2.68. The molecule has 3 N–H and O–H groups in total. The molecule has 27 heavy (non-hydrogen) atoms. The van der Waals surface area contributed by atoms with Crippen molar-refractivity contribution >= 4 is 28.9 Å². The first kappa shape index (κ1) is 18.2. The quantitative estimate of drug-likeness (QED) is 0.592. The van der Waals surface area contributed by atoms with Crippen LogP contribution in [-0.4, -0.2) is 23.0 Å². The Bertz CT molecular complexity index is 895. The average molecular weight is 363 g/mol. The van der Waals surface area contributed by atoms with Crippen molar-refractivity contribution in [1.82, 2.24) is 9.97 Å². The first-order valence-electron chi connectivity index (χ1n) is 8.46. The molecular formula is C20H21N5O2. The van der Waals surface area contributed by atoms with Gasteiger partial charge in [0.05, 0.1) is 7.11 Å². The van der Waals surface area contributed by atoms with E-state index < -0.39 is 0 Å². The van der Waals surface area contributed by atoms with Gasteiger partial charge in [0.25, 0.3) is 0 Å². The van der Waals surface area contributed by atoms with E-state index in [2.05, 4.69) is 25.9 Å². The highest BCUT2D eigenvalue weighted by atomic mass is 16.5. The molecule has 3 rings (SSSR count). The first-order valence-corrected chi connectivity index (χ1v) is 8.46. The molecular weight excluding hydrogens is 342 g/mol. The van der Waals surface area contributed by atoms with Gasteiger partial charge in [-0.2, -0.15) is 0 Å². The number of amides is 1. The van der Waals surface area contributed by atoms with Crippen LogP contribution < -0.4 is 20.7 Å². The fourth-order valence-corrected chi connectivity index (χ4v) is 2.45. The van der Waals surface area contributed by atoms with Crippen molar-refractivity contribution in [3.05, 3.63) is 66.5 Å². The lowest BCUT2D eigenvalue weighted by Crippen LogP contribution is -2.05. The predicted octanol–water partition coefficient (Wildman–Crippen LogP) is 3.80. The summed E-state index contributed by atoms with van der Waals surface area (Å²) in [4.78, 5) is 19.5. The van der Waals surface area contributed by atoms with Gasteiger partial charge in [-0.05, 0) is 42.0 Å². The van der Waals surface area contributed by atoms with Crippen molar-refractivity contribution in [3.8, 4) is 5.75 Å². The molecule has 0 fully saturated rings. The van der Waals surface area contributed by atoms with Crippen molar-refractivity contribution in [2.24, 2.45) is 0 Å². The number of carbonyl (C=O) groups is 1. The van der Waals surface area contributed by atoms with Crippen LogP contribution in [0.3, 0.4) is 0 Å². The highest BCUT2D eigenvalue weighted by molar-refractivity contribution is 5.88. The summed E-state index contributed by atoms with van der Waals surface area (Å²) in [5.74, 6) is 2.13. The molecule has 138 valence electrons. The number of hydrogen-bond acceptors (Lipinski definition) is 6. The molecule has 0 bridgehead atoms. The summed E-state index contributed by atoms with van der Waals surface area (Å²) in [6.07, 6.45) is 1.50. The Labute approximate surface area is 157 Å². The highest BCUT2D eigenvalue weighted by Crippen LogP contribution is 2.19. The molecule has 0 aliphatic heterocycles. The fourth-order valence-electron chi connectivity index (χ4n) is 2.45. The van der Waals surface area contributed by atoms with E-state index in [0.717, 1.165) is 28.5 Å². The largest absolute Gasteiger partial charge is 0.497 e. The molecule has 0 spiro atoms. The normalized spacial score (nSPS) is 10.1. The third-order valence-corrected chi connectivity index (χ3v) is 3.78. The number of anilines is 4. The molecule has 7 nitrogen and oxygen atoms in total. The second kappa shape index (κ2) is 8.66. The van der Waals surface area contributed by atoms with Gasteiger partial charge in [0.15, 0.2) is 0 Å². The topological polar surface area (TPSA) is 88.2 Å². The van der Waals surface area contributed by atoms with Crippen LogP contribution in [0, 0.1) is 0 Å². The second-order valence-corrected chi connectivity index (χ2v) is 5.87. The lowest BCUT2D eigenvalue weighted by atomic mass is 10.2. The van der Waals surface area contributed by atoms with Gasteiger partial charge in [-0.1, -0.05) is 12.1 Å². The number of methoxy groups -OCH3 is 1. The van der Waals surface area contributed by atoms with Gasteiger partial charge in [0.1, 0.15) is 23.7 Å². The molecule has 0 aliphatic carbocycles. The van der Waals surface area contributed by atoms with Crippen molar-refractivity contribution in [3.63, 3.8) is 0 Å². The minimum absolute atomic E-state index is 0.0981. The Morgan fingerprint density at radius 1 is 0.963 bits per heavy atom. The number of nitrogens with one attached hydrogen (secondary N) is 3. The minimum Gasteiger partial charge on any atom is -0.497 e. The Hall–Kier alpha value is -3.61. The number of aromatic nitrogens is 2. The Morgan fingerprint density at radius 3 is 2.30 bits per heavy atom. The third kappa shape index (κ3) is 5.43. The maximum Gasteiger partial charge on any atom is 0.221 e. The van der Waals surface area contributed by atoms with Crippen LogP contribution in [-0.2, 0) is 11.3 Å². The summed E-state index contributed by atoms with van der Waals surface area (Å²) in [5.41, 5.74) is 2.74. The molecule has 0 atom stereocenters. The third-order valence-electron chi connectivity index (χ3n) is 3.78. The van der Waals surface area contributed by atoms with Gasteiger partial charge in [-0.3, -0.25) is 4.79 Å². The van der Waals surface area contributed by atoms with E-state index in [1.165, 1.54) is 13.3 Å². The van der Waals surface area contributed by atoms with Crippen molar-refractivity contribution in [2.45, 2.75) is 13.5 Å². The van der Waals surface area contributed by atoms with E-state index in [0.29, 0.717) is 12.4 Å².